The van der Waals surface area contributed by atoms with Gasteiger partial charge in [-0.1, -0.05) is 35.5 Å². The van der Waals surface area contributed by atoms with E-state index >= 15 is 0 Å². The van der Waals surface area contributed by atoms with E-state index in [1.165, 1.54) is 0 Å². The standard InChI is InChI=1S/C25H34N4O6S/c1-17-24(18(2)35-27-17)36(31,32)29-14-20-12-28(13-21(20)15-29)10-8-23(19-6-4-3-5-7-19)26-25(30)34-22-9-11-33-16-22/h3-7,20-23H,8-16H2,1-2H3,(H,26,30)/t20-,21?,22?,23?/m0/s1. The smallest absolute Gasteiger partial charge is 0.407 e. The SMILES string of the molecule is Cc1noc(C)c1S(=O)(=O)N1CC2CN(CCC(NC(=O)OC3CCOC3)c3ccccc3)C[C@H]2C1. The van der Waals surface area contributed by atoms with Crippen LogP contribution in [0.5, 0.6) is 0 Å². The lowest BCUT2D eigenvalue weighted by molar-refractivity contribution is 0.0801. The average Bonchev–Trinajstić information content (AvgIpc) is 3.62. The van der Waals surface area contributed by atoms with E-state index < -0.39 is 16.1 Å². The average molecular weight is 519 g/mol. The summed E-state index contributed by atoms with van der Waals surface area (Å²) in [7, 11) is -3.61. The van der Waals surface area contributed by atoms with E-state index in [0.29, 0.717) is 37.8 Å². The normalized spacial score (nSPS) is 25.7. The first-order valence-corrected chi connectivity index (χ1v) is 14.0. The summed E-state index contributed by atoms with van der Waals surface area (Å²) in [5, 5.41) is 6.86. The minimum absolute atomic E-state index is 0.169. The second kappa shape index (κ2) is 10.5. The van der Waals surface area contributed by atoms with Gasteiger partial charge in [-0.15, -0.1) is 0 Å². The van der Waals surface area contributed by atoms with Crippen molar-refractivity contribution in [2.24, 2.45) is 11.8 Å². The number of fused-ring (bicyclic) bond motifs is 1. The molecule has 1 amide bonds. The zero-order valence-electron chi connectivity index (χ0n) is 20.8. The van der Waals surface area contributed by atoms with E-state index in [9.17, 15) is 13.2 Å². The summed E-state index contributed by atoms with van der Waals surface area (Å²) in [6, 6.07) is 9.75. The lowest BCUT2D eigenvalue weighted by Gasteiger charge is -2.25. The van der Waals surface area contributed by atoms with Crippen molar-refractivity contribution in [1.82, 2.24) is 19.7 Å². The summed E-state index contributed by atoms with van der Waals surface area (Å²) in [4.78, 5) is 15.1. The van der Waals surface area contributed by atoms with Crippen molar-refractivity contribution >= 4 is 16.1 Å². The molecule has 0 saturated carbocycles. The molecule has 0 spiro atoms. The Morgan fingerprint density at radius 2 is 1.89 bits per heavy atom. The monoisotopic (exact) mass is 518 g/mol. The van der Waals surface area contributed by atoms with Gasteiger partial charge >= 0.3 is 6.09 Å². The van der Waals surface area contributed by atoms with Gasteiger partial charge in [0.25, 0.3) is 0 Å². The molecule has 3 fully saturated rings. The highest BCUT2D eigenvalue weighted by atomic mass is 32.2. The van der Waals surface area contributed by atoms with Gasteiger partial charge in [0.05, 0.1) is 19.3 Å². The molecule has 3 saturated heterocycles. The molecule has 3 unspecified atom stereocenters. The van der Waals surface area contributed by atoms with E-state index in [4.69, 9.17) is 14.0 Å². The third kappa shape index (κ3) is 5.29. The Hall–Kier alpha value is -2.47. The van der Waals surface area contributed by atoms with E-state index in [-0.39, 0.29) is 28.9 Å². The highest BCUT2D eigenvalue weighted by Crippen LogP contribution is 2.36. The number of aromatic nitrogens is 1. The van der Waals surface area contributed by atoms with Crippen LogP contribution in [0.1, 0.15) is 35.9 Å². The Balaban J connectivity index is 1.17. The summed E-state index contributed by atoms with van der Waals surface area (Å²) in [5.41, 5.74) is 1.44. The zero-order chi connectivity index (χ0) is 25.3. The van der Waals surface area contributed by atoms with Crippen molar-refractivity contribution in [2.75, 3.05) is 45.9 Å². The third-order valence-electron chi connectivity index (χ3n) is 7.48. The lowest BCUT2D eigenvalue weighted by atomic mass is 10.0. The number of hydrogen-bond donors (Lipinski definition) is 1. The number of aryl methyl sites for hydroxylation is 2. The van der Waals surface area contributed by atoms with Crippen LogP contribution in [-0.2, 0) is 19.5 Å². The molecule has 10 nitrogen and oxygen atoms in total. The zero-order valence-corrected chi connectivity index (χ0v) is 21.6. The number of nitrogens with one attached hydrogen (secondary N) is 1. The highest BCUT2D eigenvalue weighted by molar-refractivity contribution is 7.89. The van der Waals surface area contributed by atoms with Gasteiger partial charge in [-0.2, -0.15) is 4.31 Å². The first-order valence-electron chi connectivity index (χ1n) is 12.6. The first-order chi connectivity index (χ1) is 17.3. The van der Waals surface area contributed by atoms with Crippen LogP contribution in [0.25, 0.3) is 0 Å². The van der Waals surface area contributed by atoms with E-state index in [0.717, 1.165) is 38.0 Å². The minimum Gasteiger partial charge on any atom is -0.444 e. The molecule has 5 rings (SSSR count). The number of hydrogen-bond acceptors (Lipinski definition) is 8. The van der Waals surface area contributed by atoms with Crippen LogP contribution in [0.2, 0.25) is 0 Å². The van der Waals surface area contributed by atoms with Crippen molar-refractivity contribution in [1.29, 1.82) is 0 Å². The largest absolute Gasteiger partial charge is 0.444 e. The molecule has 1 aromatic heterocycles. The Bertz CT molecular complexity index is 1130. The first kappa shape index (κ1) is 25.2. The van der Waals surface area contributed by atoms with Crippen molar-refractivity contribution in [2.45, 2.75) is 43.7 Å². The van der Waals surface area contributed by atoms with Gasteiger partial charge in [0, 0.05) is 39.1 Å². The molecular weight excluding hydrogens is 484 g/mol. The molecule has 196 valence electrons. The van der Waals surface area contributed by atoms with Gasteiger partial charge in [-0.25, -0.2) is 13.2 Å². The van der Waals surface area contributed by atoms with Gasteiger partial charge < -0.3 is 24.2 Å². The van der Waals surface area contributed by atoms with Crippen LogP contribution in [0.15, 0.2) is 39.8 Å². The van der Waals surface area contributed by atoms with Crippen molar-refractivity contribution in [3.63, 3.8) is 0 Å². The molecule has 3 aliphatic rings. The summed E-state index contributed by atoms with van der Waals surface area (Å²) in [5.74, 6) is 0.913. The van der Waals surface area contributed by atoms with E-state index in [1.54, 1.807) is 18.2 Å². The Morgan fingerprint density at radius 1 is 1.17 bits per heavy atom. The fraction of sp³-hybridized carbons (Fsp3) is 0.600. The minimum atomic E-state index is -3.61. The Morgan fingerprint density at radius 3 is 2.50 bits per heavy atom. The van der Waals surface area contributed by atoms with Crippen LogP contribution in [-0.4, -0.2) is 80.9 Å². The molecule has 0 radical (unpaired) electrons. The Kier molecular flexibility index (Phi) is 7.34. The predicted molar refractivity (Wildman–Crippen MR) is 131 cm³/mol. The predicted octanol–water partition coefficient (Wildman–Crippen LogP) is 2.49. The molecule has 1 aromatic carbocycles. The number of likely N-dealkylation sites (tertiary alicyclic amines) is 1. The molecule has 11 heteroatoms. The molecule has 3 aliphatic heterocycles. The van der Waals surface area contributed by atoms with Crippen molar-refractivity contribution in [3.05, 3.63) is 47.3 Å². The van der Waals surface area contributed by atoms with Gasteiger partial charge in [-0.05, 0) is 37.7 Å². The number of ether oxygens (including phenoxy) is 2. The summed E-state index contributed by atoms with van der Waals surface area (Å²) >= 11 is 0. The number of alkyl carbamates (subject to hydrolysis) is 1. The molecule has 4 atom stereocenters. The van der Waals surface area contributed by atoms with Gasteiger partial charge in [-0.3, -0.25) is 0 Å². The Labute approximate surface area is 211 Å². The summed E-state index contributed by atoms with van der Waals surface area (Å²) < 4.78 is 43.9. The number of carbonyl (C=O) groups excluding carboxylic acids is 1. The molecule has 4 heterocycles. The fourth-order valence-electron chi connectivity index (χ4n) is 5.65. The van der Waals surface area contributed by atoms with Gasteiger partial charge in [0.1, 0.15) is 16.7 Å². The van der Waals surface area contributed by atoms with E-state index in [1.807, 2.05) is 30.3 Å². The van der Waals surface area contributed by atoms with Crippen LogP contribution < -0.4 is 5.32 Å². The molecule has 0 bridgehead atoms. The molecule has 2 aromatic rings. The number of nitrogens with zero attached hydrogens (tertiary/aromatic N) is 3. The lowest BCUT2D eigenvalue weighted by Crippen LogP contribution is -2.36. The number of benzene rings is 1. The molecule has 1 N–H and O–H groups in total. The third-order valence-corrected chi connectivity index (χ3v) is 9.56. The highest BCUT2D eigenvalue weighted by Gasteiger charge is 2.45. The quantitative estimate of drug-likeness (QED) is 0.567. The molecule has 0 aliphatic carbocycles. The summed E-state index contributed by atoms with van der Waals surface area (Å²) in [6.45, 7) is 7.85. The van der Waals surface area contributed by atoms with Crippen LogP contribution in [0, 0.1) is 25.7 Å². The van der Waals surface area contributed by atoms with E-state index in [2.05, 4.69) is 15.4 Å². The van der Waals surface area contributed by atoms with Crippen molar-refractivity contribution in [3.8, 4) is 0 Å². The fourth-order valence-corrected chi connectivity index (χ4v) is 7.50. The van der Waals surface area contributed by atoms with Crippen LogP contribution in [0.3, 0.4) is 0 Å². The number of amides is 1. The topological polar surface area (TPSA) is 114 Å². The second-order valence-corrected chi connectivity index (χ2v) is 11.9. The van der Waals surface area contributed by atoms with Gasteiger partial charge in [0.2, 0.25) is 10.0 Å². The maximum atomic E-state index is 13.2. The molecule has 36 heavy (non-hydrogen) atoms. The van der Waals surface area contributed by atoms with Crippen LogP contribution >= 0.6 is 0 Å². The second-order valence-electron chi connectivity index (χ2n) is 10.0. The maximum Gasteiger partial charge on any atom is 0.407 e. The van der Waals surface area contributed by atoms with Crippen molar-refractivity contribution < 1.29 is 27.2 Å². The molecular formula is C25H34N4O6S. The van der Waals surface area contributed by atoms with Gasteiger partial charge in [0.15, 0.2) is 5.76 Å². The maximum absolute atomic E-state index is 13.2. The summed E-state index contributed by atoms with van der Waals surface area (Å²) in [6.07, 6.45) is 0.853. The number of carbonyl (C=O) groups is 1. The number of sulfonamides is 1. The number of rotatable bonds is 8. The van der Waals surface area contributed by atoms with Crippen LogP contribution in [0.4, 0.5) is 4.79 Å².